The Morgan fingerprint density at radius 3 is 2.11 bits per heavy atom. The molecular weight excluding hydrogens is 393 g/mol. The molecule has 0 spiro atoms. The zero-order valence-electron chi connectivity index (χ0n) is 14.2. The van der Waals surface area contributed by atoms with E-state index < -0.39 is 52.9 Å². The van der Waals surface area contributed by atoms with Crippen LogP contribution in [-0.4, -0.2) is 11.1 Å². The summed E-state index contributed by atoms with van der Waals surface area (Å²) in [6.07, 6.45) is -6.06. The number of carbonyl (C=O) groups is 1. The normalized spacial score (nSPS) is 12.9. The van der Waals surface area contributed by atoms with E-state index in [0.717, 1.165) is 0 Å². The second-order valence-electron chi connectivity index (χ2n) is 6.13. The zero-order chi connectivity index (χ0) is 20.7. The fraction of sp³-hybridized carbons (Fsp3) is 0.278. The SMILES string of the molecule is Cc1cc(Cl)cc(C)c1-c1cc(C(F)(F)F)c(F)c([C@@H](N)CC(=O)O)c1F. The number of aliphatic carboxylic acids is 1. The summed E-state index contributed by atoms with van der Waals surface area (Å²) >= 11 is 5.90. The second kappa shape index (κ2) is 7.44. The van der Waals surface area contributed by atoms with E-state index in [-0.39, 0.29) is 5.56 Å². The average Bonchev–Trinajstić information content (AvgIpc) is 2.46. The van der Waals surface area contributed by atoms with Crippen molar-refractivity contribution < 1.29 is 31.9 Å². The largest absolute Gasteiger partial charge is 0.481 e. The number of halogens is 6. The number of alkyl halides is 3. The average molecular weight is 408 g/mol. The monoisotopic (exact) mass is 407 g/mol. The molecule has 9 heteroatoms. The molecule has 0 bridgehead atoms. The van der Waals surface area contributed by atoms with Crippen LogP contribution in [0.5, 0.6) is 0 Å². The Morgan fingerprint density at radius 1 is 1.15 bits per heavy atom. The summed E-state index contributed by atoms with van der Waals surface area (Å²) in [5.41, 5.74) is 3.00. The number of hydrogen-bond acceptors (Lipinski definition) is 2. The predicted molar refractivity (Wildman–Crippen MR) is 90.5 cm³/mol. The highest BCUT2D eigenvalue weighted by Gasteiger charge is 2.39. The third kappa shape index (κ3) is 4.22. The maximum absolute atomic E-state index is 15.0. The Labute approximate surface area is 156 Å². The molecular formula is C18H15ClF5NO2. The quantitative estimate of drug-likeness (QED) is 0.667. The molecule has 27 heavy (non-hydrogen) atoms. The molecule has 0 radical (unpaired) electrons. The number of carboxylic acid groups (broad SMARTS) is 1. The van der Waals surface area contributed by atoms with Gasteiger partial charge in [-0.05, 0) is 48.7 Å². The summed E-state index contributed by atoms with van der Waals surface area (Å²) in [6, 6.07) is 1.43. The van der Waals surface area contributed by atoms with Crippen molar-refractivity contribution >= 4 is 17.6 Å². The third-order valence-corrected chi connectivity index (χ3v) is 4.29. The topological polar surface area (TPSA) is 63.3 Å². The van der Waals surface area contributed by atoms with E-state index >= 15 is 4.39 Å². The van der Waals surface area contributed by atoms with E-state index in [0.29, 0.717) is 22.2 Å². The zero-order valence-corrected chi connectivity index (χ0v) is 15.0. The van der Waals surface area contributed by atoms with Gasteiger partial charge >= 0.3 is 12.1 Å². The molecule has 0 amide bonds. The van der Waals surface area contributed by atoms with Crippen LogP contribution in [0.15, 0.2) is 18.2 Å². The first-order valence-electron chi connectivity index (χ1n) is 7.68. The van der Waals surface area contributed by atoms with Gasteiger partial charge in [-0.15, -0.1) is 0 Å². The van der Waals surface area contributed by atoms with Gasteiger partial charge in [-0.3, -0.25) is 4.79 Å². The van der Waals surface area contributed by atoms with E-state index in [1.54, 1.807) is 0 Å². The van der Waals surface area contributed by atoms with Crippen LogP contribution in [0.4, 0.5) is 22.0 Å². The standard InChI is InChI=1S/C18H15ClF5NO2/c1-7-3-9(19)4-8(2)14(7)10-5-11(18(22,23)24)17(21)15(16(10)20)12(25)6-13(26)27/h3-5,12H,6,25H2,1-2H3,(H,26,27)/t12-/m0/s1. The lowest BCUT2D eigenvalue weighted by Gasteiger charge is -2.21. The van der Waals surface area contributed by atoms with Crippen LogP contribution >= 0.6 is 11.6 Å². The Balaban J connectivity index is 2.89. The summed E-state index contributed by atoms with van der Waals surface area (Å²) in [5.74, 6) is -4.75. The molecule has 1 atom stereocenters. The first kappa shape index (κ1) is 21.1. The molecule has 0 heterocycles. The van der Waals surface area contributed by atoms with Crippen LogP contribution in [0.2, 0.25) is 5.02 Å². The van der Waals surface area contributed by atoms with Crippen molar-refractivity contribution in [1.29, 1.82) is 0 Å². The van der Waals surface area contributed by atoms with Crippen LogP contribution in [0, 0.1) is 25.5 Å². The van der Waals surface area contributed by atoms with Gasteiger partial charge in [0.2, 0.25) is 0 Å². The Morgan fingerprint density at radius 2 is 1.67 bits per heavy atom. The lowest BCUT2D eigenvalue weighted by atomic mass is 9.89. The Hall–Kier alpha value is -2.19. The summed E-state index contributed by atoms with van der Waals surface area (Å²) in [5, 5.41) is 9.10. The van der Waals surface area contributed by atoms with Crippen LogP contribution in [-0.2, 0) is 11.0 Å². The van der Waals surface area contributed by atoms with Gasteiger partial charge in [0.1, 0.15) is 11.6 Å². The highest BCUT2D eigenvalue weighted by atomic mass is 35.5. The molecule has 0 aliphatic heterocycles. The van der Waals surface area contributed by atoms with Gasteiger partial charge < -0.3 is 10.8 Å². The molecule has 3 N–H and O–H groups in total. The number of benzene rings is 2. The molecule has 0 unspecified atom stereocenters. The molecule has 2 aromatic carbocycles. The molecule has 146 valence electrons. The summed E-state index contributed by atoms with van der Waals surface area (Å²) in [7, 11) is 0. The highest BCUT2D eigenvalue weighted by molar-refractivity contribution is 6.30. The smallest absolute Gasteiger partial charge is 0.419 e. The Bertz CT molecular complexity index is 889. The van der Waals surface area contributed by atoms with E-state index in [9.17, 15) is 22.4 Å². The summed E-state index contributed by atoms with van der Waals surface area (Å²) in [4.78, 5) is 10.8. The van der Waals surface area contributed by atoms with Gasteiger partial charge in [0, 0.05) is 22.2 Å². The highest BCUT2D eigenvalue weighted by Crippen LogP contribution is 2.41. The van der Waals surface area contributed by atoms with Crippen molar-refractivity contribution in [2.24, 2.45) is 5.73 Å². The summed E-state index contributed by atoms with van der Waals surface area (Å²) in [6.45, 7) is 3.03. The van der Waals surface area contributed by atoms with Crippen LogP contribution < -0.4 is 5.73 Å². The van der Waals surface area contributed by atoms with Crippen molar-refractivity contribution in [2.45, 2.75) is 32.5 Å². The number of nitrogens with two attached hydrogens (primary N) is 1. The molecule has 0 aliphatic carbocycles. The van der Waals surface area contributed by atoms with Gasteiger partial charge in [-0.1, -0.05) is 11.6 Å². The molecule has 3 nitrogen and oxygen atoms in total. The fourth-order valence-electron chi connectivity index (χ4n) is 3.00. The van der Waals surface area contributed by atoms with Crippen molar-refractivity contribution in [3.05, 3.63) is 57.1 Å². The minimum Gasteiger partial charge on any atom is -0.481 e. The predicted octanol–water partition coefficient (Wildman–Crippen LogP) is 5.40. The molecule has 2 aromatic rings. The van der Waals surface area contributed by atoms with Crippen LogP contribution in [0.1, 0.15) is 34.7 Å². The number of hydrogen-bond donors (Lipinski definition) is 2. The van der Waals surface area contributed by atoms with E-state index in [1.807, 2.05) is 0 Å². The van der Waals surface area contributed by atoms with E-state index in [2.05, 4.69) is 0 Å². The van der Waals surface area contributed by atoms with Crippen LogP contribution in [0.25, 0.3) is 11.1 Å². The summed E-state index contributed by atoms with van der Waals surface area (Å²) < 4.78 is 69.4. The second-order valence-corrected chi connectivity index (χ2v) is 6.57. The molecule has 0 aliphatic rings. The minimum atomic E-state index is -5.13. The third-order valence-electron chi connectivity index (χ3n) is 4.07. The molecule has 0 fully saturated rings. The van der Waals surface area contributed by atoms with E-state index in [1.165, 1.54) is 26.0 Å². The molecule has 0 aromatic heterocycles. The van der Waals surface area contributed by atoms with Crippen molar-refractivity contribution in [3.63, 3.8) is 0 Å². The minimum absolute atomic E-state index is 0.103. The Kier molecular flexibility index (Phi) is 5.82. The van der Waals surface area contributed by atoms with Gasteiger partial charge in [-0.2, -0.15) is 13.2 Å². The fourth-order valence-corrected chi connectivity index (χ4v) is 3.32. The van der Waals surface area contributed by atoms with Gasteiger partial charge in [0.25, 0.3) is 0 Å². The van der Waals surface area contributed by atoms with E-state index in [4.69, 9.17) is 22.4 Å². The molecule has 0 saturated heterocycles. The molecule has 0 saturated carbocycles. The molecule has 2 rings (SSSR count). The van der Waals surface area contributed by atoms with Crippen LogP contribution in [0.3, 0.4) is 0 Å². The lowest BCUT2D eigenvalue weighted by Crippen LogP contribution is -2.21. The number of rotatable bonds is 4. The maximum atomic E-state index is 15.0. The number of aryl methyl sites for hydroxylation is 2. The van der Waals surface area contributed by atoms with Crippen molar-refractivity contribution in [1.82, 2.24) is 0 Å². The first-order valence-corrected chi connectivity index (χ1v) is 8.06. The lowest BCUT2D eigenvalue weighted by molar-refractivity contribution is -0.140. The van der Waals surface area contributed by atoms with Gasteiger partial charge in [0.05, 0.1) is 12.0 Å². The van der Waals surface area contributed by atoms with Gasteiger partial charge in [-0.25, -0.2) is 8.78 Å². The van der Waals surface area contributed by atoms with Gasteiger partial charge in [0.15, 0.2) is 0 Å². The maximum Gasteiger partial charge on any atom is 0.419 e. The first-order chi connectivity index (χ1) is 12.3. The van der Waals surface area contributed by atoms with Crippen molar-refractivity contribution in [2.75, 3.05) is 0 Å². The number of carboxylic acids is 1. The van der Waals surface area contributed by atoms with Crippen molar-refractivity contribution in [3.8, 4) is 11.1 Å².